The Morgan fingerprint density at radius 2 is 0.553 bits per heavy atom. The molecule has 0 amide bonds. The average molecular weight is 1550 g/mol. The first-order valence-corrected chi connectivity index (χ1v) is 41.5. The van der Waals surface area contributed by atoms with Crippen LogP contribution in [-0.4, -0.2) is 38.0 Å². The number of fused-ring (bicyclic) bond motifs is 1. The first-order chi connectivity index (χ1) is 50.2. The van der Waals surface area contributed by atoms with Crippen LogP contribution in [0.3, 0.4) is 0 Å². The monoisotopic (exact) mass is 1550 g/mol. The van der Waals surface area contributed by atoms with Crippen LogP contribution in [0, 0.1) is 5.82 Å². The third-order valence-corrected chi connectivity index (χ3v) is 28.4. The first-order valence-electron chi connectivity index (χ1n) is 34.2. The maximum atomic E-state index is 13.3. The van der Waals surface area contributed by atoms with Gasteiger partial charge in [-0.2, -0.15) is 0 Å². The molecule has 2 aliphatic rings. The van der Waals surface area contributed by atoms with Crippen LogP contribution in [0.2, 0.25) is 5.02 Å². The number of benzene rings is 14. The molecule has 0 radical (unpaired) electrons. The molecule has 0 aromatic heterocycles. The minimum atomic E-state index is -3.36. The Bertz CT molecular complexity index is 4090. The number of rotatable bonds is 14. The zero-order valence-corrected chi connectivity index (χ0v) is 63.5. The van der Waals surface area contributed by atoms with Gasteiger partial charge in [0, 0.05) is 39.4 Å². The molecule has 2 heterocycles. The number of halogens is 2. The maximum Gasteiger partial charge on any atom is 0.256 e. The van der Waals surface area contributed by atoms with E-state index in [1.165, 1.54) is 69.7 Å². The van der Waals surface area contributed by atoms with E-state index in [0.29, 0.717) is 12.4 Å². The minimum absolute atomic E-state index is 0. The molecule has 16 rings (SSSR count). The summed E-state index contributed by atoms with van der Waals surface area (Å²) in [7, 11) is -5.14. The van der Waals surface area contributed by atoms with Crippen LogP contribution in [0.15, 0.2) is 411 Å². The normalized spacial score (nSPS) is 13.3. The second-order valence-electron chi connectivity index (χ2n) is 24.0. The molecule has 2 aliphatic heterocycles. The smallest absolute Gasteiger partial charge is 0.256 e. The van der Waals surface area contributed by atoms with Gasteiger partial charge in [-0.25, -0.2) is 12.8 Å². The van der Waals surface area contributed by atoms with Gasteiger partial charge in [0.25, 0.3) is 10.0 Å². The Morgan fingerprint density at radius 3 is 0.786 bits per heavy atom. The van der Waals surface area contributed by atoms with Crippen LogP contribution < -0.4 is 63.7 Å². The van der Waals surface area contributed by atoms with Crippen molar-refractivity contribution in [3.8, 4) is 11.1 Å². The average Bonchev–Trinajstić information content (AvgIpc) is 0.722. The largest absolute Gasteiger partial charge is 0.358 e. The molecule has 14 aromatic carbocycles. The molecular weight excluding hydrogens is 1470 g/mol. The van der Waals surface area contributed by atoms with Gasteiger partial charge in [0.2, 0.25) is 0 Å². The standard InChI is InChI=1S/C19H18ClFN2O2S.4C18H15P.Pd/c20-17-12-15(7-8-18(17)21)13-3-5-14(6-4-13)16-2-1-9-23-10-11-26(24,25)22-19(16)23;4*1-4-10-16(11-5-1)19(17-12-6-2-7-13-17)18-14-8-3-9-15-18;/h3-8,12,16H,1-2,9-11H2;4*1-15H;/t16-;;;;;/m0...../s1. The molecule has 0 bridgehead atoms. The topological polar surface area (TPSA) is 49.7 Å². The Kier molecular flexibility index (Phi) is 28.6. The van der Waals surface area contributed by atoms with Crippen molar-refractivity contribution in [2.24, 2.45) is 4.40 Å². The first kappa shape index (κ1) is 75.3. The van der Waals surface area contributed by atoms with E-state index < -0.39 is 47.5 Å². The molecule has 0 unspecified atom stereocenters. The summed E-state index contributed by atoms with van der Waals surface area (Å²) in [6.07, 6.45) is 1.89. The fraction of sp³-hybridized carbons (Fsp3) is 0.0659. The van der Waals surface area contributed by atoms with Gasteiger partial charge in [-0.1, -0.05) is 406 Å². The van der Waals surface area contributed by atoms with Gasteiger partial charge < -0.3 is 4.90 Å². The molecule has 514 valence electrons. The van der Waals surface area contributed by atoms with Gasteiger partial charge in [0.1, 0.15) is 11.7 Å². The summed E-state index contributed by atoms with van der Waals surface area (Å²) in [5.41, 5.74) is 2.81. The second kappa shape index (κ2) is 39.1. The van der Waals surface area contributed by atoms with Crippen molar-refractivity contribution in [3.63, 3.8) is 0 Å². The van der Waals surface area contributed by atoms with Crippen LogP contribution in [0.1, 0.15) is 24.3 Å². The minimum Gasteiger partial charge on any atom is -0.358 e. The Morgan fingerprint density at radius 1 is 0.320 bits per heavy atom. The number of amidine groups is 1. The molecule has 0 aliphatic carbocycles. The van der Waals surface area contributed by atoms with Crippen molar-refractivity contribution >= 4 is 123 Å². The molecule has 0 saturated carbocycles. The van der Waals surface area contributed by atoms with E-state index in [2.05, 4.69) is 373 Å². The molecule has 4 nitrogen and oxygen atoms in total. The summed E-state index contributed by atoms with van der Waals surface area (Å²) in [6, 6.07) is 142. The molecule has 1 saturated heterocycles. The summed E-state index contributed by atoms with van der Waals surface area (Å²) < 4.78 is 41.2. The summed E-state index contributed by atoms with van der Waals surface area (Å²) in [4.78, 5) is 2.09. The predicted molar refractivity (Wildman–Crippen MR) is 442 cm³/mol. The number of hydrogen-bond donors (Lipinski definition) is 0. The second-order valence-corrected chi connectivity index (χ2v) is 35.1. The SMILES string of the molecule is O=S1(=O)CCN2CCC[C@@H](c3ccc(-c4ccc(F)c(Cl)c4)cc3)C2=N1.[Pd].c1ccc(P(c2ccccc2)c2ccccc2)cc1.c1ccc(P(c2ccccc2)c2ccccc2)cc1.c1ccc(P(c2ccccc2)c2ccccc2)cc1.c1ccc(P(c2ccccc2)c2ccccc2)cc1. The molecule has 14 aromatic rings. The molecule has 1 atom stereocenters. The Hall–Kier alpha value is -8.90. The third kappa shape index (κ3) is 21.2. The van der Waals surface area contributed by atoms with E-state index in [4.69, 9.17) is 11.6 Å². The summed E-state index contributed by atoms with van der Waals surface area (Å²) in [5.74, 6) is 0.309. The van der Waals surface area contributed by atoms with Gasteiger partial charge in [-0.05, 0) is 137 Å². The van der Waals surface area contributed by atoms with Crippen molar-refractivity contribution in [2.45, 2.75) is 18.8 Å². The molecular formula is C91H78ClFN2O2P4PdS. The zero-order valence-electron chi connectivity index (χ0n) is 56.8. The van der Waals surface area contributed by atoms with E-state index in [1.807, 2.05) is 24.3 Å². The van der Waals surface area contributed by atoms with E-state index in [-0.39, 0.29) is 37.1 Å². The zero-order chi connectivity index (χ0) is 70.0. The van der Waals surface area contributed by atoms with Crippen molar-refractivity contribution in [2.75, 3.05) is 18.8 Å². The van der Waals surface area contributed by atoms with Crippen LogP contribution >= 0.6 is 43.3 Å². The number of hydrogen-bond acceptors (Lipinski definition) is 3. The summed E-state index contributed by atoms with van der Waals surface area (Å²) in [6.45, 7) is 1.38. The molecule has 12 heteroatoms. The third-order valence-electron chi connectivity index (χ3n) is 17.1. The Balaban J connectivity index is 0.000000130. The molecule has 1 fully saturated rings. The van der Waals surface area contributed by atoms with Gasteiger partial charge >= 0.3 is 0 Å². The predicted octanol–water partition coefficient (Wildman–Crippen LogP) is 17.8. The van der Waals surface area contributed by atoms with Gasteiger partial charge in [0.15, 0.2) is 0 Å². The maximum absolute atomic E-state index is 13.3. The Labute approximate surface area is 631 Å². The van der Waals surface area contributed by atoms with Crippen molar-refractivity contribution in [3.05, 3.63) is 423 Å². The van der Waals surface area contributed by atoms with Crippen LogP contribution in [0.25, 0.3) is 11.1 Å². The fourth-order valence-electron chi connectivity index (χ4n) is 12.3. The summed E-state index contributed by atoms with van der Waals surface area (Å²) in [5, 5.41) is 16.9. The van der Waals surface area contributed by atoms with E-state index in [9.17, 15) is 12.8 Å². The van der Waals surface area contributed by atoms with Crippen molar-refractivity contribution in [1.29, 1.82) is 0 Å². The quantitative estimate of drug-likeness (QED) is 0.0805. The number of sulfonamides is 1. The van der Waals surface area contributed by atoms with E-state index >= 15 is 0 Å². The van der Waals surface area contributed by atoms with Crippen LogP contribution in [-0.2, 0) is 30.4 Å². The van der Waals surface area contributed by atoms with Crippen LogP contribution in [0.5, 0.6) is 0 Å². The number of piperidine rings is 1. The van der Waals surface area contributed by atoms with Gasteiger partial charge in [0.05, 0.1) is 10.8 Å². The van der Waals surface area contributed by atoms with E-state index in [1.54, 1.807) is 12.1 Å². The molecule has 0 N–H and O–H groups in total. The molecule has 103 heavy (non-hydrogen) atoms. The fourth-order valence-corrected chi connectivity index (χ4v) is 22.8. The molecule has 0 spiro atoms. The van der Waals surface area contributed by atoms with Crippen molar-refractivity contribution < 1.29 is 33.2 Å². The van der Waals surface area contributed by atoms with Crippen LogP contribution in [0.4, 0.5) is 4.39 Å². The number of nitrogens with zero attached hydrogens (tertiary/aromatic N) is 2. The summed E-state index contributed by atoms with van der Waals surface area (Å²) >= 11 is 5.87. The van der Waals surface area contributed by atoms with Gasteiger partial charge in [-0.15, -0.1) is 4.40 Å². The van der Waals surface area contributed by atoms with Crippen molar-refractivity contribution in [1.82, 2.24) is 4.90 Å². The van der Waals surface area contributed by atoms with Gasteiger partial charge in [-0.3, -0.25) is 0 Å². The van der Waals surface area contributed by atoms with E-state index in [0.717, 1.165) is 36.1 Å².